The maximum atomic E-state index is 14.0. The Morgan fingerprint density at radius 3 is 2.26 bits per heavy atom. The Labute approximate surface area is 257 Å². The summed E-state index contributed by atoms with van der Waals surface area (Å²) >= 11 is 0. The highest BCUT2D eigenvalue weighted by Crippen LogP contribution is 2.20. The second-order valence-corrected chi connectivity index (χ2v) is 11.7. The summed E-state index contributed by atoms with van der Waals surface area (Å²) in [6.07, 6.45) is 7.31. The van der Waals surface area contributed by atoms with Crippen LogP contribution >= 0.6 is 0 Å². The molecule has 0 atom stereocenters. The van der Waals surface area contributed by atoms with Crippen molar-refractivity contribution in [2.45, 2.75) is 66.3 Å². The minimum absolute atomic E-state index is 0.0418. The van der Waals surface area contributed by atoms with Gasteiger partial charge in [0, 0.05) is 42.3 Å². The van der Waals surface area contributed by atoms with E-state index in [4.69, 9.17) is 4.74 Å². The van der Waals surface area contributed by atoms with Gasteiger partial charge in [0.15, 0.2) is 0 Å². The van der Waals surface area contributed by atoms with Gasteiger partial charge in [-0.3, -0.25) is 9.59 Å². The second kappa shape index (κ2) is 16.0. The van der Waals surface area contributed by atoms with Gasteiger partial charge in [0.25, 0.3) is 5.91 Å². The molecule has 0 bridgehead atoms. The van der Waals surface area contributed by atoms with Crippen LogP contribution in [-0.2, 0) is 24.2 Å². The number of rotatable bonds is 16. The number of aryl methyl sites for hydroxylation is 1. The van der Waals surface area contributed by atoms with Crippen molar-refractivity contribution in [3.8, 4) is 5.75 Å². The lowest BCUT2D eigenvalue weighted by Gasteiger charge is -2.29. The maximum absolute atomic E-state index is 14.0. The molecule has 0 spiro atoms. The number of carbonyl (C=O) groups is 2. The fourth-order valence-corrected chi connectivity index (χ4v) is 5.46. The molecule has 43 heavy (non-hydrogen) atoms. The Bertz CT molecular complexity index is 1440. The van der Waals surface area contributed by atoms with Gasteiger partial charge >= 0.3 is 0 Å². The molecular formula is C37H47N3O3. The van der Waals surface area contributed by atoms with E-state index in [0.717, 1.165) is 29.7 Å². The lowest BCUT2D eigenvalue weighted by Crippen LogP contribution is -2.44. The normalized spacial score (nSPS) is 11.2. The van der Waals surface area contributed by atoms with Gasteiger partial charge in [-0.05, 0) is 79.1 Å². The number of benzene rings is 3. The van der Waals surface area contributed by atoms with Crippen LogP contribution in [0.4, 0.5) is 0 Å². The van der Waals surface area contributed by atoms with Crippen molar-refractivity contribution >= 4 is 22.7 Å². The Morgan fingerprint density at radius 2 is 1.56 bits per heavy atom. The Kier molecular flexibility index (Phi) is 11.8. The van der Waals surface area contributed by atoms with Gasteiger partial charge in [-0.15, -0.1) is 0 Å². The minimum atomic E-state index is -0.0974. The molecule has 4 rings (SSSR count). The van der Waals surface area contributed by atoms with Crippen molar-refractivity contribution in [3.05, 3.63) is 101 Å². The molecule has 0 saturated carbocycles. The molecule has 1 heterocycles. The van der Waals surface area contributed by atoms with Gasteiger partial charge in [-0.25, -0.2) is 0 Å². The van der Waals surface area contributed by atoms with E-state index in [1.54, 1.807) is 4.90 Å². The molecule has 2 amide bonds. The van der Waals surface area contributed by atoms with E-state index in [1.807, 2.05) is 66.6 Å². The van der Waals surface area contributed by atoms with Crippen LogP contribution < -0.4 is 4.74 Å². The van der Waals surface area contributed by atoms with Gasteiger partial charge in [0.05, 0.1) is 6.61 Å². The van der Waals surface area contributed by atoms with Crippen molar-refractivity contribution in [1.29, 1.82) is 0 Å². The van der Waals surface area contributed by atoms with Gasteiger partial charge in [0.2, 0.25) is 5.91 Å². The number of H-pyrrole nitrogens is 1. The Morgan fingerprint density at radius 1 is 0.837 bits per heavy atom. The van der Waals surface area contributed by atoms with Crippen molar-refractivity contribution in [3.63, 3.8) is 0 Å². The topological polar surface area (TPSA) is 65.6 Å². The van der Waals surface area contributed by atoms with Crippen LogP contribution in [0.1, 0.15) is 74.0 Å². The summed E-state index contributed by atoms with van der Waals surface area (Å²) < 4.78 is 5.61. The number of nitrogens with zero attached hydrogens (tertiary/aromatic N) is 2. The summed E-state index contributed by atoms with van der Waals surface area (Å²) in [5, 5.41) is 1.17. The third-order valence-corrected chi connectivity index (χ3v) is 7.76. The zero-order chi connectivity index (χ0) is 30.6. The molecule has 228 valence electrons. The molecule has 0 aliphatic heterocycles. The maximum Gasteiger partial charge on any atom is 0.254 e. The number of hydrogen-bond acceptors (Lipinski definition) is 3. The number of hydrogen-bond donors (Lipinski definition) is 1. The third kappa shape index (κ3) is 9.21. The fraction of sp³-hybridized carbons (Fsp3) is 0.405. The zero-order valence-electron chi connectivity index (χ0n) is 26.3. The fourth-order valence-electron chi connectivity index (χ4n) is 5.46. The Balaban J connectivity index is 1.51. The smallest absolute Gasteiger partial charge is 0.254 e. The van der Waals surface area contributed by atoms with E-state index in [-0.39, 0.29) is 24.3 Å². The van der Waals surface area contributed by atoms with Crippen molar-refractivity contribution in [2.75, 3.05) is 26.2 Å². The predicted octanol–water partition coefficient (Wildman–Crippen LogP) is 7.67. The van der Waals surface area contributed by atoms with Crippen LogP contribution in [0.5, 0.6) is 5.75 Å². The molecule has 0 radical (unpaired) electrons. The van der Waals surface area contributed by atoms with Crippen molar-refractivity contribution in [2.24, 2.45) is 5.92 Å². The van der Waals surface area contributed by atoms with Crippen molar-refractivity contribution < 1.29 is 14.3 Å². The van der Waals surface area contributed by atoms with Crippen LogP contribution in [-0.4, -0.2) is 52.8 Å². The zero-order valence-corrected chi connectivity index (χ0v) is 26.3. The molecule has 3 aromatic carbocycles. The highest BCUT2D eigenvalue weighted by atomic mass is 16.5. The van der Waals surface area contributed by atoms with E-state index < -0.39 is 0 Å². The monoisotopic (exact) mass is 581 g/mol. The van der Waals surface area contributed by atoms with E-state index in [9.17, 15) is 9.59 Å². The molecule has 1 N–H and O–H groups in total. The molecule has 4 aromatic rings. The summed E-state index contributed by atoms with van der Waals surface area (Å²) in [6, 6.07) is 24.1. The number of para-hydroxylation sites is 1. The molecule has 0 fully saturated rings. The molecule has 6 nitrogen and oxygen atoms in total. The van der Waals surface area contributed by atoms with Gasteiger partial charge in [-0.1, -0.05) is 76.1 Å². The van der Waals surface area contributed by atoms with E-state index in [0.29, 0.717) is 38.2 Å². The number of unbranched alkanes of at least 4 members (excludes halogenated alkanes) is 2. The van der Waals surface area contributed by atoms with Crippen LogP contribution in [0.25, 0.3) is 10.9 Å². The lowest BCUT2D eigenvalue weighted by molar-refractivity contribution is -0.132. The molecule has 0 aliphatic carbocycles. The van der Waals surface area contributed by atoms with Gasteiger partial charge < -0.3 is 19.5 Å². The molecule has 0 aliphatic rings. The van der Waals surface area contributed by atoms with E-state index in [1.165, 1.54) is 29.4 Å². The first-order valence-corrected chi connectivity index (χ1v) is 15.8. The molecular weight excluding hydrogens is 534 g/mol. The van der Waals surface area contributed by atoms with E-state index >= 15 is 0 Å². The average Bonchev–Trinajstić information content (AvgIpc) is 3.43. The average molecular weight is 582 g/mol. The summed E-state index contributed by atoms with van der Waals surface area (Å²) in [4.78, 5) is 34.6. The highest BCUT2D eigenvalue weighted by molar-refractivity contribution is 5.96. The number of fused-ring (bicyclic) bond motifs is 1. The number of nitrogens with one attached hydrogen (secondary N) is 1. The van der Waals surface area contributed by atoms with Gasteiger partial charge in [-0.2, -0.15) is 0 Å². The van der Waals surface area contributed by atoms with Crippen LogP contribution in [0, 0.1) is 5.92 Å². The number of aromatic nitrogens is 1. The number of aromatic amines is 1. The Hall–Kier alpha value is -4.06. The quantitative estimate of drug-likeness (QED) is 0.138. The standard InChI is InChI=1S/C37H47N3O3/c1-5-7-8-11-29-14-18-31(19-15-29)37(42)40(25-28(3)4)27-36(41)39(26-30-16-20-33(21-17-30)43-6-2)23-22-32-24-38-35-13-10-9-12-34(32)35/h9-10,12-21,24,28,38H,5-8,11,22-23,25-27H2,1-4H3. The molecule has 1 aromatic heterocycles. The highest BCUT2D eigenvalue weighted by Gasteiger charge is 2.24. The van der Waals surface area contributed by atoms with Crippen molar-refractivity contribution in [1.82, 2.24) is 14.8 Å². The second-order valence-electron chi connectivity index (χ2n) is 11.7. The SMILES string of the molecule is CCCCCc1ccc(C(=O)N(CC(=O)N(CCc2c[nH]c3ccccc23)Cc2ccc(OCC)cc2)CC(C)C)cc1. The van der Waals surface area contributed by atoms with Crippen LogP contribution in [0.15, 0.2) is 79.0 Å². The van der Waals surface area contributed by atoms with Crippen LogP contribution in [0.3, 0.4) is 0 Å². The number of carbonyl (C=O) groups excluding carboxylic acids is 2. The minimum Gasteiger partial charge on any atom is -0.494 e. The molecule has 0 unspecified atom stereocenters. The summed E-state index contributed by atoms with van der Waals surface area (Å²) in [6.45, 7) is 10.5. The summed E-state index contributed by atoms with van der Waals surface area (Å²) in [5.41, 5.74) is 5.16. The summed E-state index contributed by atoms with van der Waals surface area (Å²) in [5.74, 6) is 0.891. The number of ether oxygens (including phenoxy) is 1. The molecule has 0 saturated heterocycles. The predicted molar refractivity (Wildman–Crippen MR) is 175 cm³/mol. The number of amides is 2. The van der Waals surface area contributed by atoms with Gasteiger partial charge in [0.1, 0.15) is 12.3 Å². The van der Waals surface area contributed by atoms with Crippen LogP contribution in [0.2, 0.25) is 0 Å². The van der Waals surface area contributed by atoms with E-state index in [2.05, 4.69) is 50.0 Å². The first kappa shape index (κ1) is 31.9. The lowest BCUT2D eigenvalue weighted by atomic mass is 10.0. The largest absolute Gasteiger partial charge is 0.494 e. The molecule has 6 heteroatoms. The third-order valence-electron chi connectivity index (χ3n) is 7.76. The summed E-state index contributed by atoms with van der Waals surface area (Å²) in [7, 11) is 0. The first-order chi connectivity index (χ1) is 20.9. The first-order valence-electron chi connectivity index (χ1n) is 15.8.